The minimum Gasteiger partial charge on any atom is -0.340 e. The predicted molar refractivity (Wildman–Crippen MR) is 140 cm³/mol. The molecule has 0 radical (unpaired) electrons. The molecule has 0 bridgehead atoms. The zero-order chi connectivity index (χ0) is 24.4. The van der Waals surface area contributed by atoms with E-state index < -0.39 is 0 Å². The quantitative estimate of drug-likeness (QED) is 0.262. The number of aryl methyl sites for hydroxylation is 1. The van der Waals surface area contributed by atoms with Crippen LogP contribution in [0.1, 0.15) is 39.7 Å². The van der Waals surface area contributed by atoms with Gasteiger partial charge in [-0.2, -0.15) is 5.10 Å². The highest BCUT2D eigenvalue weighted by Gasteiger charge is 2.14. The largest absolute Gasteiger partial charge is 0.340 e. The fraction of sp³-hybridized carbons (Fsp3) is 0.138. The van der Waals surface area contributed by atoms with Crippen molar-refractivity contribution >= 4 is 22.5 Å². The van der Waals surface area contributed by atoms with Crippen LogP contribution in [-0.2, 0) is 6.54 Å². The molecule has 0 aliphatic heterocycles. The molecule has 0 saturated heterocycles. The number of fused-ring (bicyclic) bond motifs is 1. The normalized spacial score (nSPS) is 11.7. The summed E-state index contributed by atoms with van der Waals surface area (Å²) in [6, 6.07) is 24.2. The van der Waals surface area contributed by atoms with Crippen molar-refractivity contribution in [2.24, 2.45) is 5.10 Å². The second kappa shape index (κ2) is 9.43. The van der Waals surface area contributed by atoms with Gasteiger partial charge >= 0.3 is 0 Å². The van der Waals surface area contributed by atoms with Crippen LogP contribution >= 0.6 is 0 Å². The van der Waals surface area contributed by atoms with Crippen LogP contribution in [0, 0.1) is 13.8 Å². The zero-order valence-electron chi connectivity index (χ0n) is 20.1. The summed E-state index contributed by atoms with van der Waals surface area (Å²) in [6.07, 6.45) is 5.40. The molecule has 5 aromatic rings. The SMILES string of the molecule is C/C(=N/NC(=O)c1ccc2c(c1)c(C)c(C)n2Cc1ccccc1)c1ccc(-n2ccnc2)cc1. The smallest absolute Gasteiger partial charge is 0.271 e. The number of aromatic nitrogens is 3. The molecule has 5 rings (SSSR count). The minimum atomic E-state index is -0.228. The molecule has 0 saturated carbocycles. The van der Waals surface area contributed by atoms with Crippen LogP contribution < -0.4 is 5.43 Å². The minimum absolute atomic E-state index is 0.228. The number of nitrogens with zero attached hydrogens (tertiary/aromatic N) is 4. The highest BCUT2D eigenvalue weighted by Crippen LogP contribution is 2.27. The Balaban J connectivity index is 1.34. The van der Waals surface area contributed by atoms with Gasteiger partial charge in [0.2, 0.25) is 0 Å². The lowest BCUT2D eigenvalue weighted by molar-refractivity contribution is 0.0955. The van der Waals surface area contributed by atoms with E-state index in [1.54, 1.807) is 12.5 Å². The lowest BCUT2D eigenvalue weighted by Gasteiger charge is -2.09. The van der Waals surface area contributed by atoms with E-state index in [1.165, 1.54) is 16.8 Å². The van der Waals surface area contributed by atoms with Crippen molar-refractivity contribution in [1.29, 1.82) is 0 Å². The molecular weight excluding hydrogens is 434 g/mol. The van der Waals surface area contributed by atoms with Crippen molar-refractivity contribution < 1.29 is 4.79 Å². The lowest BCUT2D eigenvalue weighted by atomic mass is 10.1. The number of benzene rings is 3. The van der Waals surface area contributed by atoms with Crippen LogP contribution in [0.15, 0.2) is 96.6 Å². The average Bonchev–Trinajstić information content (AvgIpc) is 3.52. The van der Waals surface area contributed by atoms with Gasteiger partial charge in [-0.15, -0.1) is 0 Å². The molecule has 0 spiro atoms. The zero-order valence-corrected chi connectivity index (χ0v) is 20.1. The van der Waals surface area contributed by atoms with Crippen LogP contribution in [0.3, 0.4) is 0 Å². The van der Waals surface area contributed by atoms with Gasteiger partial charge in [-0.3, -0.25) is 4.79 Å². The average molecular weight is 462 g/mol. The van der Waals surface area contributed by atoms with Gasteiger partial charge in [-0.1, -0.05) is 42.5 Å². The molecule has 0 atom stereocenters. The van der Waals surface area contributed by atoms with E-state index in [4.69, 9.17) is 0 Å². The van der Waals surface area contributed by atoms with Gasteiger partial charge in [-0.25, -0.2) is 10.4 Å². The molecule has 1 N–H and O–H groups in total. The third-order valence-corrected chi connectivity index (χ3v) is 6.50. The molecular formula is C29H27N5O. The van der Waals surface area contributed by atoms with Crippen molar-refractivity contribution in [3.63, 3.8) is 0 Å². The third-order valence-electron chi connectivity index (χ3n) is 6.50. The summed E-state index contributed by atoms with van der Waals surface area (Å²) < 4.78 is 4.24. The molecule has 2 aromatic heterocycles. The Kier molecular flexibility index (Phi) is 6.02. The predicted octanol–water partition coefficient (Wildman–Crippen LogP) is 5.65. The highest BCUT2D eigenvalue weighted by atomic mass is 16.2. The molecule has 0 aliphatic carbocycles. The van der Waals surface area contributed by atoms with E-state index in [9.17, 15) is 4.79 Å². The number of nitrogens with one attached hydrogen (secondary N) is 1. The number of carbonyl (C=O) groups is 1. The lowest BCUT2D eigenvalue weighted by Crippen LogP contribution is -2.19. The Morgan fingerprint density at radius 1 is 0.971 bits per heavy atom. The van der Waals surface area contributed by atoms with Gasteiger partial charge in [0, 0.05) is 46.8 Å². The summed E-state index contributed by atoms with van der Waals surface area (Å²) in [7, 11) is 0. The van der Waals surface area contributed by atoms with Crippen molar-refractivity contribution in [3.8, 4) is 5.69 Å². The van der Waals surface area contributed by atoms with Crippen molar-refractivity contribution in [3.05, 3.63) is 119 Å². The summed E-state index contributed by atoms with van der Waals surface area (Å²) in [5, 5.41) is 5.42. The number of hydrogen-bond donors (Lipinski definition) is 1. The number of imidazole rings is 1. The first-order valence-corrected chi connectivity index (χ1v) is 11.6. The molecule has 2 heterocycles. The number of hydrazone groups is 1. The monoisotopic (exact) mass is 461 g/mol. The maximum Gasteiger partial charge on any atom is 0.271 e. The molecule has 0 unspecified atom stereocenters. The van der Waals surface area contributed by atoms with Gasteiger partial charge in [0.15, 0.2) is 0 Å². The Hall–Kier alpha value is -4.45. The van der Waals surface area contributed by atoms with E-state index >= 15 is 0 Å². The van der Waals surface area contributed by atoms with Crippen LogP contribution in [-0.4, -0.2) is 25.7 Å². The number of rotatable bonds is 6. The van der Waals surface area contributed by atoms with Crippen LogP contribution in [0.2, 0.25) is 0 Å². The number of carbonyl (C=O) groups excluding carboxylic acids is 1. The Morgan fingerprint density at radius 3 is 2.43 bits per heavy atom. The topological polar surface area (TPSA) is 64.2 Å². The summed E-state index contributed by atoms with van der Waals surface area (Å²) in [6.45, 7) is 6.92. The van der Waals surface area contributed by atoms with Crippen LogP contribution in [0.5, 0.6) is 0 Å². The molecule has 1 amide bonds. The van der Waals surface area contributed by atoms with Crippen molar-refractivity contribution in [2.45, 2.75) is 27.3 Å². The maximum absolute atomic E-state index is 12.9. The van der Waals surface area contributed by atoms with Crippen LogP contribution in [0.4, 0.5) is 0 Å². The van der Waals surface area contributed by atoms with Gasteiger partial charge in [0.05, 0.1) is 12.0 Å². The Morgan fingerprint density at radius 2 is 1.71 bits per heavy atom. The van der Waals surface area contributed by atoms with E-state index in [0.717, 1.165) is 34.4 Å². The summed E-state index contributed by atoms with van der Waals surface area (Å²) in [5.41, 5.74) is 10.7. The second-order valence-electron chi connectivity index (χ2n) is 8.67. The molecule has 3 aromatic carbocycles. The van der Waals surface area contributed by atoms with Gasteiger partial charge in [0.25, 0.3) is 5.91 Å². The first kappa shape index (κ1) is 22.3. The van der Waals surface area contributed by atoms with E-state index in [0.29, 0.717) is 5.56 Å². The first-order chi connectivity index (χ1) is 17.0. The second-order valence-corrected chi connectivity index (χ2v) is 8.67. The van der Waals surface area contributed by atoms with E-state index in [1.807, 2.05) is 66.2 Å². The first-order valence-electron chi connectivity index (χ1n) is 11.6. The highest BCUT2D eigenvalue weighted by molar-refractivity contribution is 6.02. The molecule has 0 fully saturated rings. The van der Waals surface area contributed by atoms with Gasteiger partial charge in [-0.05, 0) is 67.8 Å². The van der Waals surface area contributed by atoms with Crippen LogP contribution in [0.25, 0.3) is 16.6 Å². The summed E-state index contributed by atoms with van der Waals surface area (Å²) in [5.74, 6) is -0.228. The van der Waals surface area contributed by atoms with Crippen molar-refractivity contribution in [1.82, 2.24) is 19.5 Å². The van der Waals surface area contributed by atoms with Gasteiger partial charge in [0.1, 0.15) is 0 Å². The Bertz CT molecular complexity index is 1510. The molecule has 0 aliphatic rings. The standard InChI is InChI=1S/C29H27N5O/c1-20-22(3)34(18-23-7-5-4-6-8-23)28-14-11-25(17-27(20)28)29(35)32-31-21(2)24-9-12-26(13-10-24)33-16-15-30-19-33/h4-17,19H,18H2,1-3H3,(H,32,35)/b31-21-. The van der Waals surface area contributed by atoms with E-state index in [2.05, 4.69) is 58.2 Å². The molecule has 174 valence electrons. The summed E-state index contributed by atoms with van der Waals surface area (Å²) >= 11 is 0. The fourth-order valence-electron chi connectivity index (χ4n) is 4.31. The third kappa shape index (κ3) is 4.51. The number of amides is 1. The molecule has 35 heavy (non-hydrogen) atoms. The van der Waals surface area contributed by atoms with E-state index in [-0.39, 0.29) is 5.91 Å². The molecule has 6 heteroatoms. The maximum atomic E-state index is 12.9. The summed E-state index contributed by atoms with van der Waals surface area (Å²) in [4.78, 5) is 17.0. The Labute approximate surface area is 204 Å². The van der Waals surface area contributed by atoms with Crippen molar-refractivity contribution in [2.75, 3.05) is 0 Å². The fourth-order valence-corrected chi connectivity index (χ4v) is 4.31. The molecule has 6 nitrogen and oxygen atoms in total. The number of hydrogen-bond acceptors (Lipinski definition) is 3. The van der Waals surface area contributed by atoms with Gasteiger partial charge < -0.3 is 9.13 Å².